The van der Waals surface area contributed by atoms with Crippen molar-refractivity contribution in [2.24, 2.45) is 0 Å². The highest BCUT2D eigenvalue weighted by Gasteiger charge is 2.51. The Kier molecular flexibility index (Phi) is 4.22. The lowest BCUT2D eigenvalue weighted by molar-refractivity contribution is -0.123. The summed E-state index contributed by atoms with van der Waals surface area (Å²) in [6.45, 7) is 5.70. The molecule has 2 N–H and O–H groups in total. The molecule has 2 fully saturated rings. The van der Waals surface area contributed by atoms with Crippen LogP contribution in [0.15, 0.2) is 24.3 Å². The van der Waals surface area contributed by atoms with E-state index in [0.29, 0.717) is 6.54 Å². The van der Waals surface area contributed by atoms with Gasteiger partial charge in [-0.1, -0.05) is 12.1 Å². The van der Waals surface area contributed by atoms with E-state index in [-0.39, 0.29) is 11.7 Å². The Morgan fingerprint density at radius 1 is 1.24 bits per heavy atom. The van der Waals surface area contributed by atoms with Crippen molar-refractivity contribution < 1.29 is 9.18 Å². The number of benzene rings is 1. The molecule has 0 bridgehead atoms. The van der Waals surface area contributed by atoms with Crippen molar-refractivity contribution in [3.8, 4) is 0 Å². The van der Waals surface area contributed by atoms with Gasteiger partial charge in [-0.2, -0.15) is 0 Å². The standard InChI is InChI=1S/C16H22FN3O/c17-14-3-1-13(2-4-14)16(5-6-16)15(21)19-9-12-20-10-7-18-8-11-20/h1-4,18H,5-12H2,(H,19,21). The summed E-state index contributed by atoms with van der Waals surface area (Å²) in [5.74, 6) is -0.169. The van der Waals surface area contributed by atoms with E-state index in [1.54, 1.807) is 12.1 Å². The Labute approximate surface area is 124 Å². The van der Waals surface area contributed by atoms with Gasteiger partial charge in [-0.05, 0) is 30.5 Å². The van der Waals surface area contributed by atoms with Crippen LogP contribution in [0.5, 0.6) is 0 Å². The van der Waals surface area contributed by atoms with Crippen LogP contribution in [-0.2, 0) is 10.2 Å². The van der Waals surface area contributed by atoms with Crippen LogP contribution in [-0.4, -0.2) is 50.1 Å². The van der Waals surface area contributed by atoms with Gasteiger partial charge in [0.1, 0.15) is 5.82 Å². The lowest BCUT2D eigenvalue weighted by Crippen LogP contribution is -2.47. The number of carbonyl (C=O) groups excluding carboxylic acids is 1. The number of halogens is 1. The summed E-state index contributed by atoms with van der Waals surface area (Å²) < 4.78 is 13.0. The van der Waals surface area contributed by atoms with Crippen LogP contribution < -0.4 is 10.6 Å². The molecule has 21 heavy (non-hydrogen) atoms. The third-order valence-electron chi connectivity index (χ3n) is 4.50. The van der Waals surface area contributed by atoms with Crippen molar-refractivity contribution in [1.82, 2.24) is 15.5 Å². The fourth-order valence-electron chi connectivity index (χ4n) is 2.97. The van der Waals surface area contributed by atoms with Crippen molar-refractivity contribution in [2.45, 2.75) is 18.3 Å². The second-order valence-corrected chi connectivity index (χ2v) is 5.94. The zero-order valence-electron chi connectivity index (χ0n) is 12.2. The summed E-state index contributed by atoms with van der Waals surface area (Å²) in [6, 6.07) is 6.34. The third-order valence-corrected chi connectivity index (χ3v) is 4.50. The van der Waals surface area contributed by atoms with Crippen molar-refractivity contribution in [1.29, 1.82) is 0 Å². The second kappa shape index (κ2) is 6.12. The maximum Gasteiger partial charge on any atom is 0.230 e. The van der Waals surface area contributed by atoms with Gasteiger partial charge < -0.3 is 10.6 Å². The molecule has 1 aromatic rings. The van der Waals surface area contributed by atoms with Crippen LogP contribution in [0.3, 0.4) is 0 Å². The fourth-order valence-corrected chi connectivity index (χ4v) is 2.97. The first-order valence-corrected chi connectivity index (χ1v) is 7.68. The molecule has 1 aliphatic heterocycles. The lowest BCUT2D eigenvalue weighted by Gasteiger charge is -2.27. The summed E-state index contributed by atoms with van der Waals surface area (Å²) in [4.78, 5) is 14.8. The van der Waals surface area contributed by atoms with E-state index in [0.717, 1.165) is 51.1 Å². The molecule has 0 atom stereocenters. The van der Waals surface area contributed by atoms with Gasteiger partial charge in [-0.3, -0.25) is 9.69 Å². The van der Waals surface area contributed by atoms with Gasteiger partial charge in [0.2, 0.25) is 5.91 Å². The Balaban J connectivity index is 1.51. The number of hydrogen-bond donors (Lipinski definition) is 2. The monoisotopic (exact) mass is 291 g/mol. The third kappa shape index (κ3) is 3.24. The number of nitrogens with one attached hydrogen (secondary N) is 2. The summed E-state index contributed by atoms with van der Waals surface area (Å²) in [7, 11) is 0. The first-order chi connectivity index (χ1) is 10.2. The van der Waals surface area contributed by atoms with Crippen LogP contribution in [0.4, 0.5) is 4.39 Å². The minimum Gasteiger partial charge on any atom is -0.354 e. The number of carbonyl (C=O) groups is 1. The number of hydrogen-bond acceptors (Lipinski definition) is 3. The van der Waals surface area contributed by atoms with E-state index in [1.807, 2.05) is 0 Å². The van der Waals surface area contributed by atoms with Crippen LogP contribution in [0.1, 0.15) is 18.4 Å². The van der Waals surface area contributed by atoms with Crippen molar-refractivity contribution in [2.75, 3.05) is 39.3 Å². The molecule has 0 unspecified atom stereocenters. The van der Waals surface area contributed by atoms with Crippen LogP contribution in [0, 0.1) is 5.82 Å². The number of rotatable bonds is 5. The van der Waals surface area contributed by atoms with Crippen molar-refractivity contribution in [3.05, 3.63) is 35.6 Å². The predicted octanol–water partition coefficient (Wildman–Crippen LogP) is 0.879. The van der Waals surface area contributed by atoms with E-state index in [9.17, 15) is 9.18 Å². The van der Waals surface area contributed by atoms with Crippen LogP contribution in [0.2, 0.25) is 0 Å². The second-order valence-electron chi connectivity index (χ2n) is 5.94. The van der Waals surface area contributed by atoms with Gasteiger partial charge >= 0.3 is 0 Å². The van der Waals surface area contributed by atoms with Gasteiger partial charge in [-0.25, -0.2) is 4.39 Å². The molecule has 0 radical (unpaired) electrons. The maximum atomic E-state index is 13.0. The zero-order chi connectivity index (χ0) is 14.7. The Morgan fingerprint density at radius 2 is 1.90 bits per heavy atom. The van der Waals surface area contributed by atoms with Gasteiger partial charge in [0.25, 0.3) is 0 Å². The van der Waals surface area contributed by atoms with Gasteiger partial charge in [0.15, 0.2) is 0 Å². The minimum atomic E-state index is -0.406. The minimum absolute atomic E-state index is 0.0873. The zero-order valence-corrected chi connectivity index (χ0v) is 12.2. The largest absolute Gasteiger partial charge is 0.354 e. The Bertz CT molecular complexity index is 493. The maximum absolute atomic E-state index is 13.0. The van der Waals surface area contributed by atoms with Gasteiger partial charge in [-0.15, -0.1) is 0 Å². The molecule has 1 aliphatic carbocycles. The van der Waals surface area contributed by atoms with E-state index < -0.39 is 5.41 Å². The highest BCUT2D eigenvalue weighted by Crippen LogP contribution is 2.48. The molecule has 1 saturated carbocycles. The highest BCUT2D eigenvalue weighted by molar-refractivity contribution is 5.91. The molecule has 4 nitrogen and oxygen atoms in total. The molecule has 2 aliphatic rings. The molecular weight excluding hydrogens is 269 g/mol. The number of nitrogens with zero attached hydrogens (tertiary/aromatic N) is 1. The number of piperazine rings is 1. The quantitative estimate of drug-likeness (QED) is 0.846. The van der Waals surface area contributed by atoms with Gasteiger partial charge in [0.05, 0.1) is 5.41 Å². The predicted molar refractivity (Wildman–Crippen MR) is 79.6 cm³/mol. The normalized spacial score (nSPS) is 21.0. The average molecular weight is 291 g/mol. The highest BCUT2D eigenvalue weighted by atomic mass is 19.1. The van der Waals surface area contributed by atoms with E-state index in [2.05, 4.69) is 15.5 Å². The Morgan fingerprint density at radius 3 is 2.52 bits per heavy atom. The summed E-state index contributed by atoms with van der Waals surface area (Å²) in [6.07, 6.45) is 1.72. The molecular formula is C16H22FN3O. The Hall–Kier alpha value is -1.46. The van der Waals surface area contributed by atoms with Crippen LogP contribution in [0.25, 0.3) is 0 Å². The van der Waals surface area contributed by atoms with Crippen molar-refractivity contribution in [3.63, 3.8) is 0 Å². The van der Waals surface area contributed by atoms with E-state index >= 15 is 0 Å². The van der Waals surface area contributed by atoms with E-state index in [4.69, 9.17) is 0 Å². The average Bonchev–Trinajstić information content (AvgIpc) is 3.31. The summed E-state index contributed by atoms with van der Waals surface area (Å²) in [5, 5.41) is 6.37. The van der Waals surface area contributed by atoms with Gasteiger partial charge in [0, 0.05) is 39.3 Å². The summed E-state index contributed by atoms with van der Waals surface area (Å²) in [5.41, 5.74) is 0.528. The molecule has 0 spiro atoms. The SMILES string of the molecule is O=C(NCCN1CCNCC1)C1(c2ccc(F)cc2)CC1. The molecule has 1 saturated heterocycles. The molecule has 0 aromatic heterocycles. The molecule has 5 heteroatoms. The fraction of sp³-hybridized carbons (Fsp3) is 0.562. The van der Waals surface area contributed by atoms with Crippen molar-refractivity contribution >= 4 is 5.91 Å². The molecule has 1 aromatic carbocycles. The number of amides is 1. The molecule has 3 rings (SSSR count). The van der Waals surface area contributed by atoms with E-state index in [1.165, 1.54) is 12.1 Å². The molecule has 1 heterocycles. The summed E-state index contributed by atoms with van der Waals surface area (Å²) >= 11 is 0. The smallest absolute Gasteiger partial charge is 0.230 e. The lowest BCUT2D eigenvalue weighted by atomic mass is 9.95. The molecule has 114 valence electrons. The van der Waals surface area contributed by atoms with Crippen LogP contribution >= 0.6 is 0 Å². The topological polar surface area (TPSA) is 44.4 Å². The molecule has 1 amide bonds. The first kappa shape index (κ1) is 14.5. The first-order valence-electron chi connectivity index (χ1n) is 7.68.